The number of aromatic hydroxyl groups is 1. The maximum atomic E-state index is 13.4. The summed E-state index contributed by atoms with van der Waals surface area (Å²) in [5.41, 5.74) is 5.28. The second-order valence-electron chi connectivity index (χ2n) is 17.0. The Hall–Kier alpha value is -5.47. The summed E-state index contributed by atoms with van der Waals surface area (Å²) in [4.78, 5) is 45.1. The molecule has 1 fully saturated rings. The molecule has 4 aromatic carbocycles. The first kappa shape index (κ1) is 44.1. The Labute approximate surface area is 354 Å². The van der Waals surface area contributed by atoms with Gasteiger partial charge in [-0.15, -0.1) is 0 Å². The van der Waals surface area contributed by atoms with Gasteiger partial charge in [-0.3, -0.25) is 14.9 Å². The topological polar surface area (TPSA) is 145 Å². The van der Waals surface area contributed by atoms with Crippen LogP contribution in [-0.4, -0.2) is 81.7 Å². The van der Waals surface area contributed by atoms with Gasteiger partial charge in [-0.2, -0.15) is 0 Å². The molecule has 0 radical (unpaired) electrons. The van der Waals surface area contributed by atoms with Gasteiger partial charge >= 0.3 is 6.09 Å². The fourth-order valence-corrected chi connectivity index (χ4v) is 8.56. The van der Waals surface area contributed by atoms with Crippen molar-refractivity contribution in [2.75, 3.05) is 50.6 Å². The molecule has 0 saturated carbocycles. The standard InChI is InChI=1S/C47H59N5O7Si/c1-47(2,3)60(6,7)59-42(37-19-21-40(53)45-38(37)20-22-43(54)50-45)31-48-30-33-17-18-34(29-41(33)57-5)51(4)44(55)25-28-52-26-23-35(24-27-52)58-46(56)49-39-16-12-11-15-36(39)32-13-9-8-10-14-32/h8-22,29,35,42,48,53H,23-28,30-31H2,1-7H3,(H,49,56)(H,50,54)/t42-/m0/s1. The van der Waals surface area contributed by atoms with Crippen molar-refractivity contribution in [3.63, 3.8) is 0 Å². The van der Waals surface area contributed by atoms with Gasteiger partial charge < -0.3 is 39.1 Å². The SMILES string of the molecule is COc1cc(N(C)C(=O)CCN2CCC(OC(=O)Nc3ccccc3-c3ccccc3)CC2)ccc1CNC[C@H](O[Si](C)(C)C(C)(C)C)c1ccc(O)c2[nH]c(=O)ccc12. The number of aromatic nitrogens is 1. The van der Waals surface area contributed by atoms with Crippen LogP contribution in [0.5, 0.6) is 11.5 Å². The van der Waals surface area contributed by atoms with E-state index in [1.807, 2.05) is 78.9 Å². The summed E-state index contributed by atoms with van der Waals surface area (Å²) in [5, 5.41) is 17.7. The summed E-state index contributed by atoms with van der Waals surface area (Å²) in [7, 11) is 1.15. The normalized spacial score (nSPS) is 14.4. The Kier molecular flexibility index (Phi) is 14.2. The second kappa shape index (κ2) is 19.3. The summed E-state index contributed by atoms with van der Waals surface area (Å²) in [6.07, 6.45) is 0.715. The van der Waals surface area contributed by atoms with Crippen LogP contribution in [0.2, 0.25) is 18.1 Å². The molecule has 1 aliphatic heterocycles. The van der Waals surface area contributed by atoms with Crippen LogP contribution < -0.4 is 25.8 Å². The third-order valence-corrected chi connectivity index (χ3v) is 16.4. The minimum Gasteiger partial charge on any atom is -0.506 e. The quantitative estimate of drug-likeness (QED) is 0.0761. The Morgan fingerprint density at radius 3 is 2.40 bits per heavy atom. The number of carbonyl (C=O) groups excluding carboxylic acids is 2. The summed E-state index contributed by atoms with van der Waals surface area (Å²) < 4.78 is 18.6. The molecule has 1 aliphatic rings. The number of rotatable bonds is 15. The average molecular weight is 834 g/mol. The van der Waals surface area contributed by atoms with Crippen molar-refractivity contribution in [3.05, 3.63) is 119 Å². The van der Waals surface area contributed by atoms with Gasteiger partial charge in [0.05, 0.1) is 24.4 Å². The van der Waals surface area contributed by atoms with Crippen molar-refractivity contribution in [2.45, 2.75) is 76.9 Å². The number of methoxy groups -OCH3 is 1. The number of phenols is 1. The van der Waals surface area contributed by atoms with E-state index in [-0.39, 0.29) is 34.5 Å². The number of nitrogens with one attached hydrogen (secondary N) is 3. The number of hydrogen-bond donors (Lipinski definition) is 4. The minimum absolute atomic E-state index is 0.00847. The highest BCUT2D eigenvalue weighted by Gasteiger charge is 2.40. The van der Waals surface area contributed by atoms with Crippen LogP contribution in [-0.2, 0) is 20.5 Å². The maximum Gasteiger partial charge on any atom is 0.411 e. The molecular weight excluding hydrogens is 775 g/mol. The van der Waals surface area contributed by atoms with Crippen LogP contribution in [0, 0.1) is 0 Å². The number of amides is 2. The van der Waals surface area contributed by atoms with Crippen LogP contribution in [0.15, 0.2) is 102 Å². The van der Waals surface area contributed by atoms with Gasteiger partial charge in [0.15, 0.2) is 8.32 Å². The number of nitrogens with zero attached hydrogens (tertiary/aromatic N) is 2. The number of aromatic amines is 1. The van der Waals surface area contributed by atoms with Crippen molar-refractivity contribution in [1.82, 2.24) is 15.2 Å². The fraction of sp³-hybridized carbons (Fsp3) is 0.383. The monoisotopic (exact) mass is 833 g/mol. The molecule has 13 heteroatoms. The summed E-state index contributed by atoms with van der Waals surface area (Å²) in [5.74, 6) is 0.656. The first-order valence-corrected chi connectivity index (χ1v) is 23.6. The van der Waals surface area contributed by atoms with E-state index in [1.54, 1.807) is 31.2 Å². The molecule has 6 rings (SSSR count). The molecule has 1 atom stereocenters. The summed E-state index contributed by atoms with van der Waals surface area (Å²) in [6.45, 7) is 14.0. The maximum absolute atomic E-state index is 13.4. The molecule has 318 valence electrons. The number of fused-ring (bicyclic) bond motifs is 1. The van der Waals surface area contributed by atoms with E-state index in [0.29, 0.717) is 55.9 Å². The van der Waals surface area contributed by atoms with Gasteiger partial charge in [0.1, 0.15) is 17.6 Å². The van der Waals surface area contributed by atoms with Crippen molar-refractivity contribution in [3.8, 4) is 22.6 Å². The van der Waals surface area contributed by atoms with Gasteiger partial charge in [-0.1, -0.05) is 81.4 Å². The van der Waals surface area contributed by atoms with Crippen molar-refractivity contribution < 1.29 is 28.6 Å². The van der Waals surface area contributed by atoms with Gasteiger partial charge in [-0.25, -0.2) is 4.79 Å². The van der Waals surface area contributed by atoms with E-state index in [9.17, 15) is 19.5 Å². The molecule has 0 aliphatic carbocycles. The molecule has 4 N–H and O–H groups in total. The largest absolute Gasteiger partial charge is 0.506 e. The summed E-state index contributed by atoms with van der Waals surface area (Å²) in [6, 6.07) is 30.1. The molecule has 0 unspecified atom stereocenters. The highest BCUT2D eigenvalue weighted by molar-refractivity contribution is 6.74. The zero-order valence-corrected chi connectivity index (χ0v) is 36.8. The van der Waals surface area contributed by atoms with Gasteiger partial charge in [0, 0.05) is 80.5 Å². The molecular formula is C47H59N5O7Si. The minimum atomic E-state index is -2.25. The van der Waals surface area contributed by atoms with Gasteiger partial charge in [0.2, 0.25) is 11.5 Å². The van der Waals surface area contributed by atoms with E-state index < -0.39 is 14.4 Å². The predicted octanol–water partition coefficient (Wildman–Crippen LogP) is 8.83. The number of benzene rings is 4. The zero-order valence-electron chi connectivity index (χ0n) is 35.8. The number of likely N-dealkylation sites (tertiary alicyclic amines) is 1. The second-order valence-corrected chi connectivity index (χ2v) is 21.7. The number of para-hydroxylation sites is 1. The third kappa shape index (κ3) is 10.8. The lowest BCUT2D eigenvalue weighted by atomic mass is 10.0. The lowest BCUT2D eigenvalue weighted by Gasteiger charge is -2.39. The zero-order chi connectivity index (χ0) is 43.0. The fourth-order valence-electron chi connectivity index (χ4n) is 7.28. The summed E-state index contributed by atoms with van der Waals surface area (Å²) >= 11 is 0. The molecule has 2 amide bonds. The number of H-pyrrole nitrogens is 1. The Bertz CT molecular complexity index is 2320. The van der Waals surface area contributed by atoms with E-state index >= 15 is 0 Å². The van der Waals surface area contributed by atoms with Crippen LogP contribution >= 0.6 is 0 Å². The van der Waals surface area contributed by atoms with E-state index in [4.69, 9.17) is 13.9 Å². The number of phenolic OH excluding ortho intramolecular Hbond substituents is 1. The Balaban J connectivity index is 1.01. The molecule has 2 heterocycles. The predicted molar refractivity (Wildman–Crippen MR) is 241 cm³/mol. The van der Waals surface area contributed by atoms with E-state index in [1.165, 1.54) is 6.07 Å². The molecule has 0 bridgehead atoms. The average Bonchev–Trinajstić information content (AvgIpc) is 3.23. The smallest absolute Gasteiger partial charge is 0.411 e. The molecule has 0 spiro atoms. The molecule has 5 aromatic rings. The lowest BCUT2D eigenvalue weighted by molar-refractivity contribution is -0.118. The van der Waals surface area contributed by atoms with Crippen molar-refractivity contribution in [1.29, 1.82) is 0 Å². The van der Waals surface area contributed by atoms with E-state index in [0.717, 1.165) is 46.4 Å². The lowest BCUT2D eigenvalue weighted by Crippen LogP contribution is -2.43. The Morgan fingerprint density at radius 2 is 1.68 bits per heavy atom. The molecule has 12 nitrogen and oxygen atoms in total. The van der Waals surface area contributed by atoms with Crippen LogP contribution in [0.4, 0.5) is 16.2 Å². The van der Waals surface area contributed by atoms with E-state index in [2.05, 4.69) is 54.4 Å². The van der Waals surface area contributed by atoms with Crippen LogP contribution in [0.3, 0.4) is 0 Å². The van der Waals surface area contributed by atoms with Crippen LogP contribution in [0.25, 0.3) is 22.0 Å². The van der Waals surface area contributed by atoms with Gasteiger partial charge in [0.25, 0.3) is 0 Å². The molecule has 1 saturated heterocycles. The molecule has 60 heavy (non-hydrogen) atoms. The van der Waals surface area contributed by atoms with Crippen LogP contribution in [0.1, 0.15) is 57.3 Å². The van der Waals surface area contributed by atoms with Crippen molar-refractivity contribution >= 4 is 42.6 Å². The Morgan fingerprint density at radius 1 is 0.967 bits per heavy atom. The highest BCUT2D eigenvalue weighted by atomic mass is 28.4. The number of piperidine rings is 1. The van der Waals surface area contributed by atoms with Gasteiger partial charge in [-0.05, 0) is 66.4 Å². The number of anilines is 2. The highest BCUT2D eigenvalue weighted by Crippen LogP contribution is 2.41. The number of pyridine rings is 1. The number of ether oxygens (including phenoxy) is 2. The first-order valence-electron chi connectivity index (χ1n) is 20.6. The van der Waals surface area contributed by atoms with Crippen molar-refractivity contribution in [2.24, 2.45) is 0 Å². The molecule has 1 aromatic heterocycles. The number of hydrogen-bond acceptors (Lipinski definition) is 9. The third-order valence-electron chi connectivity index (χ3n) is 11.9. The number of carbonyl (C=O) groups is 2. The first-order chi connectivity index (χ1) is 28.6.